The van der Waals surface area contributed by atoms with Gasteiger partial charge in [-0.2, -0.15) is 0 Å². The molecule has 9 heteroatoms. The third-order valence-corrected chi connectivity index (χ3v) is 4.79. The average Bonchev–Trinajstić information content (AvgIpc) is 3.19. The number of alkyl halides is 2. The van der Waals surface area contributed by atoms with Gasteiger partial charge in [0.05, 0.1) is 6.54 Å². The molecule has 1 aliphatic heterocycles. The number of rotatable bonds is 7. The lowest BCUT2D eigenvalue weighted by Gasteiger charge is -2.21. The van der Waals surface area contributed by atoms with Crippen LogP contribution in [-0.4, -0.2) is 53.3 Å². The van der Waals surface area contributed by atoms with E-state index in [1.54, 1.807) is 24.3 Å². The Balaban J connectivity index is 1.55. The molecular formula is C21H20F2N2O5. The zero-order valence-electron chi connectivity index (χ0n) is 15.8. The van der Waals surface area contributed by atoms with Gasteiger partial charge in [-0.25, -0.2) is 13.6 Å². The van der Waals surface area contributed by atoms with Crippen molar-refractivity contribution < 1.29 is 33.0 Å². The van der Waals surface area contributed by atoms with Gasteiger partial charge in [-0.3, -0.25) is 9.59 Å². The lowest BCUT2D eigenvalue weighted by atomic mass is 10.1. The molecule has 2 aromatic rings. The number of amides is 2. The summed E-state index contributed by atoms with van der Waals surface area (Å²) in [6, 6.07) is 14.0. The highest BCUT2D eigenvalue weighted by Gasteiger charge is 2.42. The highest BCUT2D eigenvalue weighted by atomic mass is 19.3. The minimum atomic E-state index is -2.71. The molecule has 1 heterocycles. The van der Waals surface area contributed by atoms with Gasteiger partial charge in [-0.15, -0.1) is 0 Å². The van der Waals surface area contributed by atoms with Gasteiger partial charge >= 0.3 is 5.97 Å². The molecule has 2 amide bonds. The maximum atomic E-state index is 12.9. The molecule has 7 nitrogen and oxygen atoms in total. The molecule has 1 saturated heterocycles. The van der Waals surface area contributed by atoms with Crippen molar-refractivity contribution >= 4 is 17.8 Å². The number of hydrogen-bond donors (Lipinski definition) is 2. The summed E-state index contributed by atoms with van der Waals surface area (Å²) in [6.07, 6.45) is -3.02. The van der Waals surface area contributed by atoms with Gasteiger partial charge in [-0.1, -0.05) is 18.2 Å². The number of carbonyl (C=O) groups excluding carboxylic acids is 2. The predicted octanol–water partition coefficient (Wildman–Crippen LogP) is 2.78. The maximum Gasteiger partial charge on any atom is 0.326 e. The van der Waals surface area contributed by atoms with Crippen LogP contribution in [-0.2, 0) is 9.59 Å². The van der Waals surface area contributed by atoms with Crippen LogP contribution in [0.4, 0.5) is 8.78 Å². The monoisotopic (exact) mass is 418 g/mol. The first-order valence-corrected chi connectivity index (χ1v) is 9.26. The first-order chi connectivity index (χ1) is 14.3. The second kappa shape index (κ2) is 9.34. The smallest absolute Gasteiger partial charge is 0.326 e. The molecule has 1 unspecified atom stereocenters. The second-order valence-electron chi connectivity index (χ2n) is 6.85. The molecule has 1 fully saturated rings. The lowest BCUT2D eigenvalue weighted by molar-refractivity contribution is -0.147. The van der Waals surface area contributed by atoms with Crippen LogP contribution >= 0.6 is 0 Å². The summed E-state index contributed by atoms with van der Waals surface area (Å²) in [5, 5.41) is 11.6. The van der Waals surface area contributed by atoms with E-state index in [-0.39, 0.29) is 18.5 Å². The van der Waals surface area contributed by atoms with Gasteiger partial charge < -0.3 is 20.1 Å². The average molecular weight is 418 g/mol. The SMILES string of the molecule is O=C(NCC(=O)N1CC(C(F)F)C[C@@H]1C(=O)O)c1ccc(Oc2ccccc2)cc1. The molecule has 1 aliphatic rings. The molecule has 158 valence electrons. The van der Waals surface area contributed by atoms with Gasteiger partial charge in [0.15, 0.2) is 0 Å². The molecular weight excluding hydrogens is 398 g/mol. The summed E-state index contributed by atoms with van der Waals surface area (Å²) in [6.45, 7) is -0.838. The number of ether oxygens (including phenoxy) is 1. The molecule has 3 rings (SSSR count). The van der Waals surface area contributed by atoms with Crippen LogP contribution < -0.4 is 10.1 Å². The quantitative estimate of drug-likeness (QED) is 0.721. The van der Waals surface area contributed by atoms with Crippen LogP contribution in [0.15, 0.2) is 54.6 Å². The van der Waals surface area contributed by atoms with E-state index in [4.69, 9.17) is 4.74 Å². The van der Waals surface area contributed by atoms with E-state index in [0.717, 1.165) is 4.90 Å². The van der Waals surface area contributed by atoms with Crippen LogP contribution in [0.3, 0.4) is 0 Å². The van der Waals surface area contributed by atoms with Gasteiger partial charge in [0, 0.05) is 18.0 Å². The number of carboxylic acid groups (broad SMARTS) is 1. The van der Waals surface area contributed by atoms with Gasteiger partial charge in [0.1, 0.15) is 17.5 Å². The number of para-hydroxylation sites is 1. The molecule has 0 aromatic heterocycles. The largest absolute Gasteiger partial charge is 0.480 e. The predicted molar refractivity (Wildman–Crippen MR) is 103 cm³/mol. The number of likely N-dealkylation sites (tertiary alicyclic amines) is 1. The Morgan fingerprint density at radius 1 is 1.07 bits per heavy atom. The molecule has 0 aliphatic carbocycles. The van der Waals surface area contributed by atoms with E-state index in [2.05, 4.69) is 5.32 Å². The van der Waals surface area contributed by atoms with E-state index in [1.165, 1.54) is 12.1 Å². The van der Waals surface area contributed by atoms with Crippen molar-refractivity contribution in [2.45, 2.75) is 18.9 Å². The molecule has 0 spiro atoms. The van der Waals surface area contributed by atoms with Gasteiger partial charge in [0.25, 0.3) is 5.91 Å². The first-order valence-electron chi connectivity index (χ1n) is 9.26. The Hall–Kier alpha value is -3.49. The van der Waals surface area contributed by atoms with Crippen LogP contribution in [0.5, 0.6) is 11.5 Å². The number of hydrogen-bond acceptors (Lipinski definition) is 4. The number of aliphatic carboxylic acids is 1. The summed E-state index contributed by atoms with van der Waals surface area (Å²) >= 11 is 0. The molecule has 30 heavy (non-hydrogen) atoms. The van der Waals surface area contributed by atoms with Crippen LogP contribution in [0.1, 0.15) is 16.8 Å². The highest BCUT2D eigenvalue weighted by molar-refractivity contribution is 5.97. The Morgan fingerprint density at radius 2 is 1.70 bits per heavy atom. The maximum absolute atomic E-state index is 12.9. The molecule has 2 N–H and O–H groups in total. The fraction of sp³-hybridized carbons (Fsp3) is 0.286. The molecule has 0 saturated carbocycles. The van der Waals surface area contributed by atoms with Crippen molar-refractivity contribution in [2.75, 3.05) is 13.1 Å². The standard InChI is InChI=1S/C21H20F2N2O5/c22-19(23)14-10-17(21(28)29)25(12-14)18(26)11-24-20(27)13-6-8-16(9-7-13)30-15-4-2-1-3-5-15/h1-9,14,17,19H,10-12H2,(H,24,27)(H,28,29)/t14?,17-/m1/s1. The summed E-state index contributed by atoms with van der Waals surface area (Å²) < 4.78 is 31.4. The first kappa shape index (κ1) is 21.2. The van der Waals surface area contributed by atoms with Crippen LogP contribution in [0.2, 0.25) is 0 Å². The minimum Gasteiger partial charge on any atom is -0.480 e. The molecule has 0 bridgehead atoms. The second-order valence-corrected chi connectivity index (χ2v) is 6.85. The fourth-order valence-corrected chi connectivity index (χ4v) is 3.22. The van der Waals surface area contributed by atoms with Crippen LogP contribution in [0, 0.1) is 5.92 Å². The van der Waals surface area contributed by atoms with Crippen molar-refractivity contribution in [3.8, 4) is 11.5 Å². The highest BCUT2D eigenvalue weighted by Crippen LogP contribution is 2.28. The zero-order valence-corrected chi connectivity index (χ0v) is 15.8. The van der Waals surface area contributed by atoms with E-state index < -0.39 is 42.7 Å². The normalized spacial score (nSPS) is 18.3. The topological polar surface area (TPSA) is 95.9 Å². The molecule has 2 aromatic carbocycles. The zero-order chi connectivity index (χ0) is 21.7. The summed E-state index contributed by atoms with van der Waals surface area (Å²) in [5.41, 5.74) is 0.268. The summed E-state index contributed by atoms with van der Waals surface area (Å²) in [5.74, 6) is -2.64. The number of carboxylic acids is 1. The number of halogens is 2. The van der Waals surface area contributed by atoms with Crippen LogP contribution in [0.25, 0.3) is 0 Å². The van der Waals surface area contributed by atoms with Gasteiger partial charge in [0.2, 0.25) is 12.3 Å². The van der Waals surface area contributed by atoms with E-state index in [9.17, 15) is 28.3 Å². The number of nitrogens with zero attached hydrogens (tertiary/aromatic N) is 1. The third kappa shape index (κ3) is 5.11. The van der Waals surface area contributed by atoms with Crippen molar-refractivity contribution in [3.63, 3.8) is 0 Å². The third-order valence-electron chi connectivity index (χ3n) is 4.79. The van der Waals surface area contributed by atoms with Crippen molar-refractivity contribution in [2.24, 2.45) is 5.92 Å². The van der Waals surface area contributed by atoms with Crippen molar-refractivity contribution in [1.29, 1.82) is 0 Å². The fourth-order valence-electron chi connectivity index (χ4n) is 3.22. The number of benzene rings is 2. The van der Waals surface area contributed by atoms with Crippen molar-refractivity contribution in [3.05, 3.63) is 60.2 Å². The summed E-state index contributed by atoms with van der Waals surface area (Å²) in [7, 11) is 0. The lowest BCUT2D eigenvalue weighted by Crippen LogP contribution is -2.45. The molecule has 0 radical (unpaired) electrons. The van der Waals surface area contributed by atoms with Gasteiger partial charge in [-0.05, 0) is 42.8 Å². The van der Waals surface area contributed by atoms with Crippen molar-refractivity contribution in [1.82, 2.24) is 10.2 Å². The Bertz CT molecular complexity index is 905. The Morgan fingerprint density at radius 3 is 2.30 bits per heavy atom. The van der Waals surface area contributed by atoms with E-state index in [1.807, 2.05) is 18.2 Å². The number of carbonyl (C=O) groups is 3. The summed E-state index contributed by atoms with van der Waals surface area (Å²) in [4.78, 5) is 36.7. The van der Waals surface area contributed by atoms with E-state index in [0.29, 0.717) is 11.5 Å². The Labute approximate surface area is 171 Å². The van der Waals surface area contributed by atoms with E-state index >= 15 is 0 Å². The Kier molecular flexibility index (Phi) is 6.61. The minimum absolute atomic E-state index is 0.268. The number of nitrogens with one attached hydrogen (secondary N) is 1. The molecule has 2 atom stereocenters.